The largest absolute Gasteiger partial charge is 0.416 e. The van der Waals surface area contributed by atoms with Gasteiger partial charge in [-0.15, -0.1) is 0 Å². The highest BCUT2D eigenvalue weighted by Crippen LogP contribution is 2.32. The number of aryl methyl sites for hydroxylation is 1. The summed E-state index contributed by atoms with van der Waals surface area (Å²) >= 11 is 0. The zero-order chi connectivity index (χ0) is 24.5. The minimum Gasteiger partial charge on any atom is -0.368 e. The van der Waals surface area contributed by atoms with Crippen LogP contribution in [0.2, 0.25) is 0 Å². The minimum absolute atomic E-state index is 0.155. The van der Waals surface area contributed by atoms with Crippen molar-refractivity contribution in [3.05, 3.63) is 59.2 Å². The Labute approximate surface area is 198 Å². The molecule has 0 radical (unpaired) electrons. The monoisotopic (exact) mass is 495 g/mol. The van der Waals surface area contributed by atoms with E-state index >= 15 is 0 Å². The number of anilines is 1. The molecule has 4 rings (SSSR count). The fourth-order valence-corrected chi connectivity index (χ4v) is 6.25. The zero-order valence-corrected chi connectivity index (χ0v) is 19.8. The molecule has 0 unspecified atom stereocenters. The Morgan fingerprint density at radius 3 is 2.21 bits per heavy atom. The Morgan fingerprint density at radius 2 is 1.56 bits per heavy atom. The van der Waals surface area contributed by atoms with E-state index in [4.69, 9.17) is 0 Å². The number of hydrogen-bond acceptors (Lipinski definition) is 4. The van der Waals surface area contributed by atoms with Gasteiger partial charge in [0.2, 0.25) is 10.0 Å². The van der Waals surface area contributed by atoms with Crippen LogP contribution in [0.1, 0.15) is 40.7 Å². The SMILES string of the molecule is Cc1ccc(C(=O)N2CCN(c3cccc(C(F)(F)F)c3)CC2)cc1S(=O)(=O)N1CCCCC1. The molecule has 6 nitrogen and oxygen atoms in total. The average Bonchev–Trinajstić information content (AvgIpc) is 2.84. The first-order valence-electron chi connectivity index (χ1n) is 11.4. The second-order valence-electron chi connectivity index (χ2n) is 8.77. The third-order valence-electron chi connectivity index (χ3n) is 6.47. The lowest BCUT2D eigenvalue weighted by Crippen LogP contribution is -2.48. The van der Waals surface area contributed by atoms with E-state index in [0.717, 1.165) is 31.4 Å². The summed E-state index contributed by atoms with van der Waals surface area (Å²) < 4.78 is 66.9. The van der Waals surface area contributed by atoms with Crippen LogP contribution in [0.5, 0.6) is 0 Å². The maximum absolute atomic E-state index is 13.2. The molecular weight excluding hydrogens is 467 g/mol. The molecule has 0 N–H and O–H groups in total. The number of carbonyl (C=O) groups excluding carboxylic acids is 1. The van der Waals surface area contributed by atoms with Crippen LogP contribution in [0.3, 0.4) is 0 Å². The number of piperidine rings is 1. The normalized spacial score (nSPS) is 18.2. The van der Waals surface area contributed by atoms with Crippen LogP contribution in [0.15, 0.2) is 47.4 Å². The van der Waals surface area contributed by atoms with Gasteiger partial charge >= 0.3 is 6.18 Å². The Balaban J connectivity index is 1.47. The van der Waals surface area contributed by atoms with Gasteiger partial charge in [0.1, 0.15) is 0 Å². The number of carbonyl (C=O) groups is 1. The van der Waals surface area contributed by atoms with Gasteiger partial charge in [-0.25, -0.2) is 8.42 Å². The number of halogens is 3. The molecule has 184 valence electrons. The predicted molar refractivity (Wildman–Crippen MR) is 123 cm³/mol. The Bertz CT molecular complexity index is 1150. The molecule has 2 aliphatic rings. The van der Waals surface area contributed by atoms with Gasteiger partial charge in [-0.3, -0.25) is 4.79 Å². The van der Waals surface area contributed by atoms with Crippen LogP contribution in [0.4, 0.5) is 18.9 Å². The van der Waals surface area contributed by atoms with Crippen LogP contribution in [0, 0.1) is 6.92 Å². The fraction of sp³-hybridized carbons (Fsp3) is 0.458. The Hall–Kier alpha value is -2.59. The first kappa shape index (κ1) is 24.5. The zero-order valence-electron chi connectivity index (χ0n) is 19.0. The van der Waals surface area contributed by atoms with E-state index < -0.39 is 21.8 Å². The van der Waals surface area contributed by atoms with Crippen molar-refractivity contribution in [2.24, 2.45) is 0 Å². The van der Waals surface area contributed by atoms with Crippen molar-refractivity contribution in [2.45, 2.75) is 37.3 Å². The molecule has 0 atom stereocenters. The van der Waals surface area contributed by atoms with Gasteiger partial charge in [0.25, 0.3) is 5.91 Å². The van der Waals surface area contributed by atoms with Gasteiger partial charge < -0.3 is 9.80 Å². The van der Waals surface area contributed by atoms with Gasteiger partial charge in [0.15, 0.2) is 0 Å². The quantitative estimate of drug-likeness (QED) is 0.640. The molecule has 10 heteroatoms. The summed E-state index contributed by atoms with van der Waals surface area (Å²) in [5.41, 5.74) is 0.656. The molecule has 0 aliphatic carbocycles. The fourth-order valence-electron chi connectivity index (χ4n) is 4.48. The Morgan fingerprint density at radius 1 is 0.882 bits per heavy atom. The predicted octanol–water partition coefficient (Wildman–Crippen LogP) is 4.15. The van der Waals surface area contributed by atoms with Crippen LogP contribution in [0.25, 0.3) is 0 Å². The first-order valence-corrected chi connectivity index (χ1v) is 12.8. The summed E-state index contributed by atoms with van der Waals surface area (Å²) in [6, 6.07) is 9.91. The Kier molecular flexibility index (Phi) is 6.91. The van der Waals surface area contributed by atoms with E-state index in [2.05, 4.69) is 0 Å². The summed E-state index contributed by atoms with van der Waals surface area (Å²) in [6.07, 6.45) is -1.75. The molecule has 0 saturated carbocycles. The third kappa shape index (κ3) is 5.07. The van der Waals surface area contributed by atoms with Gasteiger partial charge in [-0.2, -0.15) is 17.5 Å². The highest BCUT2D eigenvalue weighted by atomic mass is 32.2. The van der Waals surface area contributed by atoms with E-state index in [0.29, 0.717) is 56.1 Å². The summed E-state index contributed by atoms with van der Waals surface area (Å²) in [6.45, 7) is 4.12. The van der Waals surface area contributed by atoms with E-state index in [-0.39, 0.29) is 10.8 Å². The van der Waals surface area contributed by atoms with Crippen molar-refractivity contribution in [3.63, 3.8) is 0 Å². The third-order valence-corrected chi connectivity index (χ3v) is 8.51. The lowest BCUT2D eigenvalue weighted by molar-refractivity contribution is -0.137. The molecule has 0 spiro atoms. The smallest absolute Gasteiger partial charge is 0.368 e. The number of amides is 1. The highest BCUT2D eigenvalue weighted by molar-refractivity contribution is 7.89. The van der Waals surface area contributed by atoms with Crippen LogP contribution in [-0.2, 0) is 16.2 Å². The number of benzene rings is 2. The van der Waals surface area contributed by atoms with E-state index in [1.54, 1.807) is 30.0 Å². The maximum atomic E-state index is 13.2. The number of alkyl halides is 3. The van der Waals surface area contributed by atoms with E-state index in [1.807, 2.05) is 4.90 Å². The van der Waals surface area contributed by atoms with Gasteiger partial charge in [0.05, 0.1) is 10.5 Å². The van der Waals surface area contributed by atoms with Gasteiger partial charge in [0, 0.05) is 50.5 Å². The summed E-state index contributed by atoms with van der Waals surface area (Å²) in [5.74, 6) is -0.279. The number of hydrogen-bond donors (Lipinski definition) is 0. The molecule has 2 aromatic rings. The summed E-state index contributed by atoms with van der Waals surface area (Å²) in [7, 11) is -3.68. The number of piperazine rings is 1. The van der Waals surface area contributed by atoms with Crippen molar-refractivity contribution >= 4 is 21.6 Å². The van der Waals surface area contributed by atoms with Crippen molar-refractivity contribution in [1.29, 1.82) is 0 Å². The molecule has 2 saturated heterocycles. The van der Waals surface area contributed by atoms with Gasteiger partial charge in [-0.05, 0) is 55.7 Å². The topological polar surface area (TPSA) is 60.9 Å². The second kappa shape index (κ2) is 9.58. The lowest BCUT2D eigenvalue weighted by atomic mass is 10.1. The van der Waals surface area contributed by atoms with Gasteiger partial charge in [-0.1, -0.05) is 18.6 Å². The van der Waals surface area contributed by atoms with E-state index in [1.165, 1.54) is 16.4 Å². The van der Waals surface area contributed by atoms with Crippen molar-refractivity contribution in [2.75, 3.05) is 44.2 Å². The number of nitrogens with zero attached hydrogens (tertiary/aromatic N) is 3. The number of sulfonamides is 1. The van der Waals surface area contributed by atoms with Crippen molar-refractivity contribution < 1.29 is 26.4 Å². The molecule has 2 aromatic carbocycles. The van der Waals surface area contributed by atoms with Crippen LogP contribution < -0.4 is 4.90 Å². The minimum atomic E-state index is -4.41. The maximum Gasteiger partial charge on any atom is 0.416 e. The molecule has 34 heavy (non-hydrogen) atoms. The van der Waals surface area contributed by atoms with Crippen LogP contribution in [-0.4, -0.2) is 62.8 Å². The summed E-state index contributed by atoms with van der Waals surface area (Å²) in [5, 5.41) is 0. The summed E-state index contributed by atoms with van der Waals surface area (Å²) in [4.78, 5) is 16.7. The first-order chi connectivity index (χ1) is 16.1. The number of rotatable bonds is 4. The second-order valence-corrected chi connectivity index (χ2v) is 10.7. The van der Waals surface area contributed by atoms with Crippen LogP contribution >= 0.6 is 0 Å². The molecule has 2 aliphatic heterocycles. The molecule has 0 aromatic heterocycles. The molecule has 2 fully saturated rings. The van der Waals surface area contributed by atoms with Crippen molar-refractivity contribution in [1.82, 2.24) is 9.21 Å². The lowest BCUT2D eigenvalue weighted by Gasteiger charge is -2.36. The highest BCUT2D eigenvalue weighted by Gasteiger charge is 2.32. The van der Waals surface area contributed by atoms with Crippen molar-refractivity contribution in [3.8, 4) is 0 Å². The molecular formula is C24H28F3N3O3S. The molecule has 1 amide bonds. The molecule has 0 bridgehead atoms. The average molecular weight is 496 g/mol. The molecule has 2 heterocycles. The van der Waals surface area contributed by atoms with E-state index in [9.17, 15) is 26.4 Å². The standard InChI is InChI=1S/C24H28F3N3O3S/c1-18-8-9-19(16-22(18)34(32,33)30-10-3-2-4-11-30)23(31)29-14-12-28(13-15-29)21-7-5-6-20(17-21)24(25,26)27/h5-9,16-17H,2-4,10-15H2,1H3.